The molecule has 0 nitrogen and oxygen atoms in total. The highest BCUT2D eigenvalue weighted by atomic mass is 14.2. The van der Waals surface area contributed by atoms with Crippen molar-refractivity contribution in [3.8, 4) is 0 Å². The second kappa shape index (κ2) is 4.16. The summed E-state index contributed by atoms with van der Waals surface area (Å²) in [6.45, 7) is 4.48. The lowest BCUT2D eigenvalue weighted by molar-refractivity contribution is 0.719. The van der Waals surface area contributed by atoms with Crippen LogP contribution in [0.5, 0.6) is 0 Å². The van der Waals surface area contributed by atoms with Gasteiger partial charge in [0.15, 0.2) is 0 Å². The average Bonchev–Trinajstić information content (AvgIpc) is 2.71. The van der Waals surface area contributed by atoms with Gasteiger partial charge in [-0.3, -0.25) is 0 Å². The molecule has 0 bridgehead atoms. The average molecular weight is 187 g/mol. The number of hydrogen-bond donors (Lipinski definition) is 0. The summed E-state index contributed by atoms with van der Waals surface area (Å²) in [4.78, 5) is 0. The SMILES string of the molecule is CC(C)c1[c]ccc(C2CCCC2)c1. The first-order chi connectivity index (χ1) is 6.77. The Morgan fingerprint density at radius 2 is 2.00 bits per heavy atom. The molecule has 0 unspecified atom stereocenters. The Balaban J connectivity index is 2.21. The molecule has 0 aliphatic heterocycles. The molecule has 1 aromatic rings. The van der Waals surface area contributed by atoms with E-state index < -0.39 is 0 Å². The molecular formula is C14H19. The van der Waals surface area contributed by atoms with E-state index in [0.29, 0.717) is 5.92 Å². The maximum atomic E-state index is 3.33. The zero-order chi connectivity index (χ0) is 9.97. The van der Waals surface area contributed by atoms with Crippen LogP contribution >= 0.6 is 0 Å². The van der Waals surface area contributed by atoms with Crippen molar-refractivity contribution in [2.24, 2.45) is 0 Å². The van der Waals surface area contributed by atoms with E-state index in [1.54, 1.807) is 5.56 Å². The zero-order valence-electron chi connectivity index (χ0n) is 9.22. The minimum atomic E-state index is 0.608. The normalized spacial score (nSPS) is 17.9. The Kier molecular flexibility index (Phi) is 2.90. The fourth-order valence-electron chi connectivity index (χ4n) is 2.35. The van der Waals surface area contributed by atoms with Crippen molar-refractivity contribution in [3.05, 3.63) is 35.4 Å². The smallest absolute Gasteiger partial charge is 0.0146 e. The highest BCUT2D eigenvalue weighted by Crippen LogP contribution is 2.34. The van der Waals surface area contributed by atoms with Crippen LogP contribution in [0.1, 0.15) is 62.5 Å². The lowest BCUT2D eigenvalue weighted by Crippen LogP contribution is -1.95. The molecule has 0 atom stereocenters. The van der Waals surface area contributed by atoms with Crippen LogP contribution in [-0.4, -0.2) is 0 Å². The molecule has 1 aliphatic rings. The van der Waals surface area contributed by atoms with Crippen molar-refractivity contribution in [2.45, 2.75) is 51.4 Å². The summed E-state index contributed by atoms with van der Waals surface area (Å²) < 4.78 is 0. The first-order valence-electron chi connectivity index (χ1n) is 5.79. The highest BCUT2D eigenvalue weighted by molar-refractivity contribution is 5.27. The minimum Gasteiger partial charge on any atom is -0.0587 e. The van der Waals surface area contributed by atoms with Gasteiger partial charge in [-0.1, -0.05) is 44.9 Å². The zero-order valence-corrected chi connectivity index (χ0v) is 9.22. The highest BCUT2D eigenvalue weighted by Gasteiger charge is 2.17. The molecule has 0 heterocycles. The van der Waals surface area contributed by atoms with Crippen LogP contribution in [0.25, 0.3) is 0 Å². The fourth-order valence-corrected chi connectivity index (χ4v) is 2.35. The summed E-state index contributed by atoms with van der Waals surface area (Å²) in [7, 11) is 0. The predicted octanol–water partition coefficient (Wildman–Crippen LogP) is 4.27. The van der Waals surface area contributed by atoms with Crippen molar-refractivity contribution in [2.75, 3.05) is 0 Å². The van der Waals surface area contributed by atoms with Gasteiger partial charge in [0.05, 0.1) is 0 Å². The molecule has 1 fully saturated rings. The van der Waals surface area contributed by atoms with Gasteiger partial charge in [0, 0.05) is 0 Å². The Hall–Kier alpha value is -0.780. The van der Waals surface area contributed by atoms with Crippen molar-refractivity contribution in [1.82, 2.24) is 0 Å². The van der Waals surface area contributed by atoms with E-state index in [1.165, 1.54) is 31.2 Å². The Bertz CT molecular complexity index is 293. The Morgan fingerprint density at radius 3 is 2.64 bits per heavy atom. The van der Waals surface area contributed by atoms with Crippen LogP contribution in [-0.2, 0) is 0 Å². The van der Waals surface area contributed by atoms with Crippen molar-refractivity contribution in [1.29, 1.82) is 0 Å². The predicted molar refractivity (Wildman–Crippen MR) is 60.6 cm³/mol. The molecule has 0 aromatic heterocycles. The molecule has 0 spiro atoms. The first-order valence-corrected chi connectivity index (χ1v) is 5.79. The van der Waals surface area contributed by atoms with Gasteiger partial charge >= 0.3 is 0 Å². The van der Waals surface area contributed by atoms with E-state index in [1.807, 2.05) is 0 Å². The van der Waals surface area contributed by atoms with Crippen molar-refractivity contribution < 1.29 is 0 Å². The van der Waals surface area contributed by atoms with E-state index in [-0.39, 0.29) is 0 Å². The maximum Gasteiger partial charge on any atom is -0.0146 e. The Morgan fingerprint density at radius 1 is 1.29 bits per heavy atom. The summed E-state index contributed by atoms with van der Waals surface area (Å²) in [6.07, 6.45) is 5.61. The van der Waals surface area contributed by atoms with Crippen LogP contribution in [0.15, 0.2) is 18.2 Å². The third-order valence-electron chi connectivity index (χ3n) is 3.30. The van der Waals surface area contributed by atoms with Crippen LogP contribution < -0.4 is 0 Å². The molecule has 1 saturated carbocycles. The largest absolute Gasteiger partial charge is 0.0587 e. The lowest BCUT2D eigenvalue weighted by Gasteiger charge is -2.12. The number of benzene rings is 1. The lowest BCUT2D eigenvalue weighted by atomic mass is 9.93. The number of hydrogen-bond acceptors (Lipinski definition) is 0. The quantitative estimate of drug-likeness (QED) is 0.648. The van der Waals surface area contributed by atoms with E-state index in [2.05, 4.69) is 38.1 Å². The molecule has 2 rings (SSSR count). The first kappa shape index (κ1) is 9.76. The van der Waals surface area contributed by atoms with Gasteiger partial charge in [-0.2, -0.15) is 0 Å². The standard InChI is InChI=1S/C14H19/c1-11(2)13-8-5-9-14(10-13)12-6-3-4-7-12/h5,9-12H,3-4,6-7H2,1-2H3. The van der Waals surface area contributed by atoms with Gasteiger partial charge in [-0.05, 0) is 41.9 Å². The second-order valence-corrected chi connectivity index (χ2v) is 4.71. The topological polar surface area (TPSA) is 0 Å². The second-order valence-electron chi connectivity index (χ2n) is 4.71. The van der Waals surface area contributed by atoms with E-state index in [4.69, 9.17) is 0 Å². The van der Waals surface area contributed by atoms with Crippen molar-refractivity contribution in [3.63, 3.8) is 0 Å². The van der Waals surface area contributed by atoms with Gasteiger partial charge < -0.3 is 0 Å². The summed E-state index contributed by atoms with van der Waals surface area (Å²) in [5.41, 5.74) is 2.92. The molecular weight excluding hydrogens is 168 g/mol. The third-order valence-corrected chi connectivity index (χ3v) is 3.30. The molecule has 1 radical (unpaired) electrons. The van der Waals surface area contributed by atoms with Gasteiger partial charge in [-0.15, -0.1) is 0 Å². The van der Waals surface area contributed by atoms with Crippen LogP contribution in [0.3, 0.4) is 0 Å². The molecule has 1 aromatic carbocycles. The molecule has 14 heavy (non-hydrogen) atoms. The van der Waals surface area contributed by atoms with Crippen molar-refractivity contribution >= 4 is 0 Å². The molecule has 0 N–H and O–H groups in total. The monoisotopic (exact) mass is 187 g/mol. The molecule has 0 amide bonds. The van der Waals surface area contributed by atoms with Gasteiger partial charge in [0.25, 0.3) is 0 Å². The fraction of sp³-hybridized carbons (Fsp3) is 0.571. The molecule has 1 aliphatic carbocycles. The van der Waals surface area contributed by atoms with Crippen LogP contribution in [0.2, 0.25) is 0 Å². The van der Waals surface area contributed by atoms with Crippen LogP contribution in [0.4, 0.5) is 0 Å². The Labute approximate surface area is 87.3 Å². The van der Waals surface area contributed by atoms with E-state index in [9.17, 15) is 0 Å². The summed E-state index contributed by atoms with van der Waals surface area (Å²) in [5, 5.41) is 0. The third kappa shape index (κ3) is 2.00. The number of rotatable bonds is 2. The van der Waals surface area contributed by atoms with Gasteiger partial charge in [0.2, 0.25) is 0 Å². The minimum absolute atomic E-state index is 0.608. The van der Waals surface area contributed by atoms with Crippen LogP contribution in [0, 0.1) is 6.07 Å². The van der Waals surface area contributed by atoms with Gasteiger partial charge in [0.1, 0.15) is 0 Å². The summed E-state index contributed by atoms with van der Waals surface area (Å²) in [5.74, 6) is 1.44. The molecule has 75 valence electrons. The molecule has 0 heteroatoms. The van der Waals surface area contributed by atoms with E-state index in [0.717, 1.165) is 5.92 Å². The molecule has 0 saturated heterocycles. The summed E-state index contributed by atoms with van der Waals surface area (Å²) in [6, 6.07) is 10.0. The van der Waals surface area contributed by atoms with E-state index >= 15 is 0 Å². The maximum absolute atomic E-state index is 3.33. The van der Waals surface area contributed by atoms with Gasteiger partial charge in [-0.25, -0.2) is 0 Å². The summed E-state index contributed by atoms with van der Waals surface area (Å²) >= 11 is 0.